The predicted molar refractivity (Wildman–Crippen MR) is 124 cm³/mol. The van der Waals surface area contributed by atoms with E-state index in [0.29, 0.717) is 39.1 Å². The summed E-state index contributed by atoms with van der Waals surface area (Å²) >= 11 is 0. The molecule has 0 atom stereocenters. The summed E-state index contributed by atoms with van der Waals surface area (Å²) in [6.07, 6.45) is -2.22. The summed E-state index contributed by atoms with van der Waals surface area (Å²) in [5.74, 6) is -0.741. The number of nitrogens with zero attached hydrogens (tertiary/aromatic N) is 5. The Labute approximate surface area is 203 Å². The number of imidazole rings is 1. The Bertz CT molecular complexity index is 1900. The van der Waals surface area contributed by atoms with Crippen LogP contribution in [0.4, 0.5) is 13.2 Å². The molecule has 0 saturated carbocycles. The SMILES string of the molecule is O=c1[nH]c2ccc(-n3nnc4c(F)cc(-c5ccnn5Cc5cccc6c5OC(F)(F)O6)cc43)cc2[nH]1. The van der Waals surface area contributed by atoms with Gasteiger partial charge in [-0.05, 0) is 42.5 Å². The summed E-state index contributed by atoms with van der Waals surface area (Å²) in [5.41, 5.74) is 3.26. The summed E-state index contributed by atoms with van der Waals surface area (Å²) in [5, 5.41) is 12.4. The molecule has 0 aliphatic carbocycles. The average molecular weight is 505 g/mol. The van der Waals surface area contributed by atoms with Crippen molar-refractivity contribution in [1.82, 2.24) is 34.7 Å². The Hall–Kier alpha value is -5.07. The number of aromatic nitrogens is 7. The van der Waals surface area contributed by atoms with Crippen molar-refractivity contribution in [1.29, 1.82) is 0 Å². The second kappa shape index (κ2) is 7.46. The summed E-state index contributed by atoms with van der Waals surface area (Å²) in [6.45, 7) is 0.0691. The summed E-state index contributed by atoms with van der Waals surface area (Å²) in [7, 11) is 0. The number of aromatic amines is 2. The molecule has 3 aromatic heterocycles. The first kappa shape index (κ1) is 21.2. The molecule has 0 radical (unpaired) electrons. The van der Waals surface area contributed by atoms with Gasteiger partial charge in [0.25, 0.3) is 0 Å². The number of rotatable bonds is 4. The monoisotopic (exact) mass is 505 g/mol. The molecule has 6 aromatic rings. The lowest BCUT2D eigenvalue weighted by molar-refractivity contribution is -0.286. The van der Waals surface area contributed by atoms with E-state index in [9.17, 15) is 13.6 Å². The minimum atomic E-state index is -3.75. The summed E-state index contributed by atoms with van der Waals surface area (Å²) in [4.78, 5) is 17.0. The van der Waals surface area contributed by atoms with E-state index in [-0.39, 0.29) is 29.3 Å². The van der Waals surface area contributed by atoms with E-state index in [2.05, 4.69) is 34.9 Å². The Morgan fingerprint density at radius 3 is 2.76 bits per heavy atom. The van der Waals surface area contributed by atoms with Crippen molar-refractivity contribution in [2.45, 2.75) is 12.8 Å². The second-order valence-corrected chi connectivity index (χ2v) is 8.42. The van der Waals surface area contributed by atoms with Gasteiger partial charge in [-0.2, -0.15) is 5.10 Å². The Morgan fingerprint density at radius 1 is 1.00 bits per heavy atom. The number of para-hydroxylation sites is 1. The number of hydrogen-bond acceptors (Lipinski definition) is 6. The number of fused-ring (bicyclic) bond motifs is 3. The quantitative estimate of drug-likeness (QED) is 0.375. The molecule has 3 aromatic carbocycles. The minimum absolute atomic E-state index is 0.0612. The molecule has 1 aliphatic rings. The van der Waals surface area contributed by atoms with Gasteiger partial charge in [-0.15, -0.1) is 13.9 Å². The minimum Gasteiger partial charge on any atom is -0.395 e. The third-order valence-electron chi connectivity index (χ3n) is 6.09. The first-order chi connectivity index (χ1) is 17.8. The average Bonchev–Trinajstić information content (AvgIpc) is 3.62. The zero-order valence-corrected chi connectivity index (χ0v) is 18.6. The molecule has 1 aliphatic heterocycles. The van der Waals surface area contributed by atoms with Crippen LogP contribution in [0.1, 0.15) is 5.56 Å². The van der Waals surface area contributed by atoms with Gasteiger partial charge in [0.2, 0.25) is 0 Å². The van der Waals surface area contributed by atoms with Crippen molar-refractivity contribution < 1.29 is 22.6 Å². The van der Waals surface area contributed by atoms with E-state index in [4.69, 9.17) is 0 Å². The molecule has 0 bridgehead atoms. The van der Waals surface area contributed by atoms with Crippen molar-refractivity contribution in [3.8, 4) is 28.4 Å². The molecule has 10 nitrogen and oxygen atoms in total. The van der Waals surface area contributed by atoms with Crippen LogP contribution in [0.25, 0.3) is 39.0 Å². The first-order valence-corrected chi connectivity index (χ1v) is 11.0. The maximum absolute atomic E-state index is 15.1. The number of benzene rings is 3. The lowest BCUT2D eigenvalue weighted by atomic mass is 10.1. The number of ether oxygens (including phenoxy) is 2. The Balaban J connectivity index is 1.31. The first-order valence-electron chi connectivity index (χ1n) is 11.0. The molecule has 0 amide bonds. The summed E-state index contributed by atoms with van der Waals surface area (Å²) < 4.78 is 54.6. The number of hydrogen-bond donors (Lipinski definition) is 2. The smallest absolute Gasteiger partial charge is 0.395 e. The third kappa shape index (κ3) is 3.43. The number of alkyl halides is 2. The van der Waals surface area contributed by atoms with Crippen molar-refractivity contribution in [2.75, 3.05) is 0 Å². The molecule has 13 heteroatoms. The highest BCUT2D eigenvalue weighted by atomic mass is 19.3. The highest BCUT2D eigenvalue weighted by Gasteiger charge is 2.44. The standard InChI is InChI=1S/C24H14F3N7O3/c25-15-8-13(9-19-21(15)31-32-34(19)14-4-5-16-17(10-14)30-23(35)29-16)18-6-7-28-33(18)11-12-2-1-3-20-22(12)37-24(26,27)36-20/h1-10H,11H2,(H2,29,30,35). The van der Waals surface area contributed by atoms with Crippen LogP contribution in [0.3, 0.4) is 0 Å². The molecule has 7 rings (SSSR count). The van der Waals surface area contributed by atoms with Gasteiger partial charge in [0.1, 0.15) is 5.52 Å². The fourth-order valence-electron chi connectivity index (χ4n) is 4.49. The number of nitrogens with one attached hydrogen (secondary N) is 2. The van der Waals surface area contributed by atoms with Crippen LogP contribution in [0, 0.1) is 5.82 Å². The van der Waals surface area contributed by atoms with E-state index in [1.807, 2.05) is 0 Å². The van der Waals surface area contributed by atoms with E-state index < -0.39 is 12.1 Å². The lowest BCUT2D eigenvalue weighted by Crippen LogP contribution is -2.26. The highest BCUT2D eigenvalue weighted by molar-refractivity contribution is 5.84. The topological polar surface area (TPSA) is 116 Å². The molecule has 0 fully saturated rings. The van der Waals surface area contributed by atoms with Crippen LogP contribution < -0.4 is 15.2 Å². The zero-order chi connectivity index (χ0) is 25.3. The summed E-state index contributed by atoms with van der Waals surface area (Å²) in [6, 6.07) is 14.4. The van der Waals surface area contributed by atoms with Crippen molar-refractivity contribution >= 4 is 22.1 Å². The number of H-pyrrole nitrogens is 2. The van der Waals surface area contributed by atoms with Crippen LogP contribution in [-0.4, -0.2) is 41.0 Å². The van der Waals surface area contributed by atoms with Crippen LogP contribution in [0.5, 0.6) is 11.5 Å². The largest absolute Gasteiger partial charge is 0.586 e. The van der Waals surface area contributed by atoms with Crippen molar-refractivity contribution in [3.05, 3.63) is 82.7 Å². The van der Waals surface area contributed by atoms with Crippen LogP contribution in [0.2, 0.25) is 0 Å². The number of halogens is 3. The third-order valence-corrected chi connectivity index (χ3v) is 6.09. The molecule has 2 N–H and O–H groups in total. The highest BCUT2D eigenvalue weighted by Crippen LogP contribution is 2.43. The van der Waals surface area contributed by atoms with Gasteiger partial charge in [-0.1, -0.05) is 17.3 Å². The maximum atomic E-state index is 15.1. The zero-order valence-electron chi connectivity index (χ0n) is 18.6. The van der Waals surface area contributed by atoms with Crippen LogP contribution >= 0.6 is 0 Å². The van der Waals surface area contributed by atoms with Crippen molar-refractivity contribution in [2.24, 2.45) is 0 Å². The Kier molecular flexibility index (Phi) is 4.28. The maximum Gasteiger partial charge on any atom is 0.586 e. The van der Waals surface area contributed by atoms with Gasteiger partial charge in [0, 0.05) is 17.3 Å². The van der Waals surface area contributed by atoms with E-state index in [0.717, 1.165) is 0 Å². The van der Waals surface area contributed by atoms with Gasteiger partial charge in [-0.3, -0.25) is 4.68 Å². The molecule has 0 spiro atoms. The molecular formula is C24H14F3N7O3. The van der Waals surface area contributed by atoms with E-state index in [1.165, 1.54) is 23.0 Å². The Morgan fingerprint density at radius 2 is 1.86 bits per heavy atom. The van der Waals surface area contributed by atoms with Gasteiger partial charge < -0.3 is 19.4 Å². The van der Waals surface area contributed by atoms with Gasteiger partial charge in [-0.25, -0.2) is 13.9 Å². The van der Waals surface area contributed by atoms with Gasteiger partial charge >= 0.3 is 12.0 Å². The van der Waals surface area contributed by atoms with E-state index in [1.54, 1.807) is 47.1 Å². The fourth-order valence-corrected chi connectivity index (χ4v) is 4.49. The molecule has 184 valence electrons. The lowest BCUT2D eigenvalue weighted by Gasteiger charge is -2.11. The van der Waals surface area contributed by atoms with Crippen LogP contribution in [-0.2, 0) is 6.54 Å². The van der Waals surface area contributed by atoms with Crippen molar-refractivity contribution in [3.63, 3.8) is 0 Å². The molecule has 37 heavy (non-hydrogen) atoms. The fraction of sp³-hybridized carbons (Fsp3) is 0.0833. The predicted octanol–water partition coefficient (Wildman–Crippen LogP) is 3.96. The van der Waals surface area contributed by atoms with E-state index >= 15 is 4.39 Å². The normalized spacial score (nSPS) is 14.1. The molecule has 0 unspecified atom stereocenters. The van der Waals surface area contributed by atoms with Crippen LogP contribution in [0.15, 0.2) is 65.6 Å². The molecule has 4 heterocycles. The van der Waals surface area contributed by atoms with Gasteiger partial charge in [0.15, 0.2) is 17.3 Å². The second-order valence-electron chi connectivity index (χ2n) is 8.42. The molecular weight excluding hydrogens is 491 g/mol. The van der Waals surface area contributed by atoms with Gasteiger partial charge in [0.05, 0.1) is 34.5 Å². The molecule has 0 saturated heterocycles.